The van der Waals surface area contributed by atoms with E-state index in [2.05, 4.69) is 34.9 Å². The second-order valence-electron chi connectivity index (χ2n) is 7.40. The SMILES string of the molecule is Cc1c(Cl)cccc1NC(=O)CNC(=O)C[NH+](C)[C@H]1CCCc2ccccc21. The fourth-order valence-corrected chi connectivity index (χ4v) is 4.00. The maximum Gasteiger partial charge on any atom is 0.275 e. The van der Waals surface area contributed by atoms with Crippen molar-refractivity contribution in [3.05, 3.63) is 64.2 Å². The summed E-state index contributed by atoms with van der Waals surface area (Å²) in [7, 11) is 2.04. The molecule has 0 aliphatic heterocycles. The molecule has 0 bridgehead atoms. The molecule has 2 aromatic carbocycles. The molecule has 5 nitrogen and oxygen atoms in total. The first-order valence-electron chi connectivity index (χ1n) is 9.67. The maximum absolute atomic E-state index is 12.4. The Bertz CT molecular complexity index is 869. The standard InChI is InChI=1S/C22H26ClN3O2/c1-15-18(23)10-6-11-19(15)25-21(27)13-24-22(28)14-26(2)20-12-5-8-16-7-3-4-9-17(16)20/h3-4,6-7,9-11,20H,5,8,12-14H2,1-2H3,(H,24,28)(H,25,27)/p+1/t20-/m0/s1. The fourth-order valence-electron chi connectivity index (χ4n) is 3.82. The van der Waals surface area contributed by atoms with E-state index >= 15 is 0 Å². The monoisotopic (exact) mass is 400 g/mol. The second-order valence-corrected chi connectivity index (χ2v) is 7.81. The highest BCUT2D eigenvalue weighted by Crippen LogP contribution is 2.27. The molecular weight excluding hydrogens is 374 g/mol. The van der Waals surface area contributed by atoms with Crippen LogP contribution in [-0.4, -0.2) is 32.0 Å². The van der Waals surface area contributed by atoms with Gasteiger partial charge in [0.25, 0.3) is 5.91 Å². The van der Waals surface area contributed by atoms with E-state index in [4.69, 9.17) is 11.6 Å². The van der Waals surface area contributed by atoms with Crippen molar-refractivity contribution in [2.24, 2.45) is 0 Å². The minimum Gasteiger partial charge on any atom is -0.342 e. The van der Waals surface area contributed by atoms with Crippen LogP contribution in [0, 0.1) is 6.92 Å². The number of fused-ring (bicyclic) bond motifs is 1. The quantitative estimate of drug-likeness (QED) is 0.696. The van der Waals surface area contributed by atoms with E-state index in [-0.39, 0.29) is 18.4 Å². The lowest BCUT2D eigenvalue weighted by Crippen LogP contribution is -3.10. The van der Waals surface area contributed by atoms with Crippen molar-refractivity contribution in [3.63, 3.8) is 0 Å². The lowest BCUT2D eigenvalue weighted by atomic mass is 9.87. The molecule has 1 aliphatic rings. The molecule has 3 N–H and O–H groups in total. The average molecular weight is 401 g/mol. The van der Waals surface area contributed by atoms with Crippen molar-refractivity contribution in [1.82, 2.24) is 5.32 Å². The van der Waals surface area contributed by atoms with Crippen LogP contribution in [0.4, 0.5) is 5.69 Å². The van der Waals surface area contributed by atoms with Crippen molar-refractivity contribution in [3.8, 4) is 0 Å². The number of nitrogens with one attached hydrogen (secondary N) is 3. The molecule has 28 heavy (non-hydrogen) atoms. The summed E-state index contributed by atoms with van der Waals surface area (Å²) in [6.07, 6.45) is 3.32. The predicted octanol–water partition coefficient (Wildman–Crippen LogP) is 2.30. The zero-order valence-corrected chi connectivity index (χ0v) is 17.1. The van der Waals surface area contributed by atoms with Crippen molar-refractivity contribution in [2.45, 2.75) is 32.2 Å². The zero-order valence-electron chi connectivity index (χ0n) is 16.3. The highest BCUT2D eigenvalue weighted by Gasteiger charge is 2.27. The first-order valence-corrected chi connectivity index (χ1v) is 10.0. The Morgan fingerprint density at radius 3 is 2.75 bits per heavy atom. The Hall–Kier alpha value is -2.37. The second kappa shape index (κ2) is 9.22. The summed E-state index contributed by atoms with van der Waals surface area (Å²) in [5.41, 5.74) is 4.19. The van der Waals surface area contributed by atoms with E-state index in [1.165, 1.54) is 11.1 Å². The van der Waals surface area contributed by atoms with E-state index in [1.807, 2.05) is 14.0 Å². The molecule has 3 rings (SSSR count). The number of hydrogen-bond donors (Lipinski definition) is 3. The van der Waals surface area contributed by atoms with Gasteiger partial charge in [0, 0.05) is 22.7 Å². The molecule has 2 atom stereocenters. The maximum atomic E-state index is 12.4. The minimum atomic E-state index is -0.264. The van der Waals surface area contributed by atoms with E-state index in [1.54, 1.807) is 18.2 Å². The van der Waals surface area contributed by atoms with Crippen LogP contribution in [0.25, 0.3) is 0 Å². The van der Waals surface area contributed by atoms with E-state index in [9.17, 15) is 9.59 Å². The van der Waals surface area contributed by atoms with Gasteiger partial charge in [0.15, 0.2) is 6.54 Å². The van der Waals surface area contributed by atoms with Crippen LogP contribution in [0.2, 0.25) is 5.02 Å². The van der Waals surface area contributed by atoms with Crippen molar-refractivity contribution in [2.75, 3.05) is 25.5 Å². The molecule has 6 heteroatoms. The van der Waals surface area contributed by atoms with Crippen LogP contribution >= 0.6 is 11.6 Å². The van der Waals surface area contributed by atoms with Gasteiger partial charge in [0.05, 0.1) is 13.6 Å². The molecule has 0 aromatic heterocycles. The number of halogens is 1. The van der Waals surface area contributed by atoms with Gasteiger partial charge in [0.1, 0.15) is 6.04 Å². The number of quaternary nitrogens is 1. The number of carbonyl (C=O) groups excluding carboxylic acids is 2. The van der Waals surface area contributed by atoms with Crippen molar-refractivity contribution >= 4 is 29.1 Å². The van der Waals surface area contributed by atoms with Gasteiger partial charge in [-0.05, 0) is 43.0 Å². The van der Waals surface area contributed by atoms with Crippen LogP contribution < -0.4 is 15.5 Å². The third-order valence-electron chi connectivity index (χ3n) is 5.39. The molecule has 1 unspecified atom stereocenters. The normalized spacial score (nSPS) is 16.8. The van der Waals surface area contributed by atoms with Gasteiger partial charge in [-0.15, -0.1) is 0 Å². The summed E-state index contributed by atoms with van der Waals surface area (Å²) in [4.78, 5) is 25.7. The Morgan fingerprint density at radius 1 is 1.14 bits per heavy atom. The lowest BCUT2D eigenvalue weighted by Gasteiger charge is -2.30. The van der Waals surface area contributed by atoms with Crippen LogP contribution in [0.5, 0.6) is 0 Å². The van der Waals surface area contributed by atoms with Gasteiger partial charge in [-0.25, -0.2) is 0 Å². The van der Waals surface area contributed by atoms with Crippen LogP contribution in [0.15, 0.2) is 42.5 Å². The first-order chi connectivity index (χ1) is 13.5. The van der Waals surface area contributed by atoms with Gasteiger partial charge < -0.3 is 15.5 Å². The Balaban J connectivity index is 1.50. The average Bonchev–Trinajstić information content (AvgIpc) is 2.69. The number of carbonyl (C=O) groups is 2. The van der Waals surface area contributed by atoms with Gasteiger partial charge in [-0.2, -0.15) is 0 Å². The molecule has 0 heterocycles. The number of likely N-dealkylation sites (N-methyl/N-ethyl adjacent to an activating group) is 1. The highest BCUT2D eigenvalue weighted by atomic mass is 35.5. The van der Waals surface area contributed by atoms with Crippen molar-refractivity contribution < 1.29 is 14.5 Å². The largest absolute Gasteiger partial charge is 0.342 e. The number of rotatable bonds is 6. The first kappa shape index (κ1) is 20.4. The number of amides is 2. The molecule has 0 saturated carbocycles. The lowest BCUT2D eigenvalue weighted by molar-refractivity contribution is -0.905. The molecule has 148 valence electrons. The third kappa shape index (κ3) is 4.91. The molecule has 1 aliphatic carbocycles. The molecule has 2 amide bonds. The Kier molecular flexibility index (Phi) is 6.70. The summed E-state index contributed by atoms with van der Waals surface area (Å²) in [6.45, 7) is 2.12. The predicted molar refractivity (Wildman–Crippen MR) is 112 cm³/mol. The minimum absolute atomic E-state index is 0.0562. The molecule has 0 fully saturated rings. The smallest absolute Gasteiger partial charge is 0.275 e. The van der Waals surface area contributed by atoms with Crippen molar-refractivity contribution in [1.29, 1.82) is 0 Å². The number of benzene rings is 2. The summed E-state index contributed by atoms with van der Waals surface area (Å²) in [5, 5.41) is 6.11. The molecule has 0 saturated heterocycles. The summed E-state index contributed by atoms with van der Waals surface area (Å²) >= 11 is 6.07. The highest BCUT2D eigenvalue weighted by molar-refractivity contribution is 6.31. The van der Waals surface area contributed by atoms with Gasteiger partial charge in [0.2, 0.25) is 5.91 Å². The topological polar surface area (TPSA) is 62.6 Å². The van der Waals surface area contributed by atoms with E-state index < -0.39 is 0 Å². The molecule has 0 spiro atoms. The number of aryl methyl sites for hydroxylation is 1. The number of hydrogen-bond acceptors (Lipinski definition) is 2. The molecule has 2 aromatic rings. The third-order valence-corrected chi connectivity index (χ3v) is 5.80. The van der Waals surface area contributed by atoms with Crippen LogP contribution in [0.1, 0.15) is 35.6 Å². The number of anilines is 1. The zero-order chi connectivity index (χ0) is 20.1. The Labute approximate surface area is 171 Å². The summed E-state index contributed by atoms with van der Waals surface area (Å²) in [5.74, 6) is -0.391. The molecule has 0 radical (unpaired) electrons. The van der Waals surface area contributed by atoms with Gasteiger partial charge in [-0.3, -0.25) is 9.59 Å². The van der Waals surface area contributed by atoms with Crippen LogP contribution in [0.3, 0.4) is 0 Å². The van der Waals surface area contributed by atoms with Crippen LogP contribution in [-0.2, 0) is 16.0 Å². The summed E-state index contributed by atoms with van der Waals surface area (Å²) in [6, 6.07) is 14.1. The molecular formula is C22H27ClN3O2+. The van der Waals surface area contributed by atoms with E-state index in [0.29, 0.717) is 23.3 Å². The fraction of sp³-hybridized carbons (Fsp3) is 0.364. The Morgan fingerprint density at radius 2 is 1.93 bits per heavy atom. The van der Waals surface area contributed by atoms with Gasteiger partial charge >= 0.3 is 0 Å². The van der Waals surface area contributed by atoms with E-state index in [0.717, 1.165) is 29.7 Å². The van der Waals surface area contributed by atoms with Gasteiger partial charge in [-0.1, -0.05) is 41.9 Å². The summed E-state index contributed by atoms with van der Waals surface area (Å²) < 4.78 is 0.